The van der Waals surface area contributed by atoms with E-state index >= 15 is 0 Å². The third kappa shape index (κ3) is 4.74. The number of hydrogen-bond acceptors (Lipinski definition) is 5. The van der Waals surface area contributed by atoms with Crippen LogP contribution in [0.1, 0.15) is 39.2 Å². The first-order chi connectivity index (χ1) is 12.0. The third-order valence-corrected chi connectivity index (χ3v) is 6.15. The largest absolute Gasteiger partial charge is 0.444 e. The molecule has 1 aliphatic heterocycles. The molecule has 8 heteroatoms. The minimum atomic E-state index is -3.65. The molecule has 0 radical (unpaired) electrons. The number of nitrogens with zero attached hydrogens (tertiary/aromatic N) is 3. The summed E-state index contributed by atoms with van der Waals surface area (Å²) in [7, 11) is -1.97. The zero-order chi connectivity index (χ0) is 19.5. The molecule has 1 aliphatic rings. The van der Waals surface area contributed by atoms with Crippen molar-refractivity contribution in [3.05, 3.63) is 29.8 Å². The van der Waals surface area contributed by atoms with Crippen molar-refractivity contribution in [2.45, 2.75) is 50.2 Å². The van der Waals surface area contributed by atoms with E-state index in [0.717, 1.165) is 0 Å². The van der Waals surface area contributed by atoms with E-state index in [0.29, 0.717) is 31.5 Å². The van der Waals surface area contributed by atoms with Crippen LogP contribution in [0.3, 0.4) is 0 Å². The number of carbonyl (C=O) groups is 1. The zero-order valence-corrected chi connectivity index (χ0v) is 16.4. The Bertz CT molecular complexity index is 800. The first kappa shape index (κ1) is 20.2. The van der Waals surface area contributed by atoms with Crippen LogP contribution >= 0.6 is 0 Å². The third-order valence-electron chi connectivity index (χ3n) is 4.25. The van der Waals surface area contributed by atoms with Crippen molar-refractivity contribution in [3.63, 3.8) is 0 Å². The van der Waals surface area contributed by atoms with Gasteiger partial charge in [0.2, 0.25) is 10.0 Å². The van der Waals surface area contributed by atoms with Crippen LogP contribution in [0.2, 0.25) is 0 Å². The molecular weight excluding hydrogens is 354 g/mol. The van der Waals surface area contributed by atoms with Gasteiger partial charge >= 0.3 is 6.09 Å². The number of carbonyl (C=O) groups excluding carboxylic acids is 1. The first-order valence-corrected chi connectivity index (χ1v) is 9.95. The van der Waals surface area contributed by atoms with Gasteiger partial charge in [0.1, 0.15) is 5.60 Å². The van der Waals surface area contributed by atoms with E-state index in [2.05, 4.69) is 0 Å². The fourth-order valence-electron chi connectivity index (χ4n) is 2.83. The molecule has 0 aromatic heterocycles. The molecule has 1 heterocycles. The molecule has 1 amide bonds. The quantitative estimate of drug-likeness (QED) is 0.805. The highest BCUT2D eigenvalue weighted by Gasteiger charge is 2.33. The Morgan fingerprint density at radius 3 is 2.46 bits per heavy atom. The molecule has 0 N–H and O–H groups in total. The Kier molecular flexibility index (Phi) is 5.94. The van der Waals surface area contributed by atoms with Gasteiger partial charge in [-0.15, -0.1) is 0 Å². The average molecular weight is 379 g/mol. The summed E-state index contributed by atoms with van der Waals surface area (Å²) in [6, 6.07) is 7.90. The molecular formula is C18H25N3O4S. The summed E-state index contributed by atoms with van der Waals surface area (Å²) in [5, 5.41) is 8.96. The minimum absolute atomic E-state index is 0.0678. The van der Waals surface area contributed by atoms with E-state index < -0.39 is 21.7 Å². The fourth-order valence-corrected chi connectivity index (χ4v) is 4.34. The number of nitriles is 1. The van der Waals surface area contributed by atoms with Gasteiger partial charge in [0, 0.05) is 26.2 Å². The number of sulfonamides is 1. The average Bonchev–Trinajstić information content (AvgIpc) is 2.59. The highest BCUT2D eigenvalue weighted by atomic mass is 32.2. The molecule has 1 aromatic carbocycles. The number of rotatable bonds is 3. The van der Waals surface area contributed by atoms with Crippen LogP contribution in [0.5, 0.6) is 0 Å². The maximum absolute atomic E-state index is 12.8. The molecule has 1 fully saturated rings. The van der Waals surface area contributed by atoms with E-state index in [1.165, 1.54) is 16.4 Å². The summed E-state index contributed by atoms with van der Waals surface area (Å²) < 4.78 is 32.3. The van der Waals surface area contributed by atoms with Crippen molar-refractivity contribution in [1.29, 1.82) is 5.26 Å². The zero-order valence-electron chi connectivity index (χ0n) is 15.6. The molecule has 26 heavy (non-hydrogen) atoms. The first-order valence-electron chi connectivity index (χ1n) is 8.51. The molecule has 0 atom stereocenters. The van der Waals surface area contributed by atoms with Gasteiger partial charge in [0.05, 0.1) is 16.5 Å². The maximum atomic E-state index is 12.8. The molecule has 2 rings (SSSR count). The van der Waals surface area contributed by atoms with Gasteiger partial charge in [-0.2, -0.15) is 9.57 Å². The van der Waals surface area contributed by atoms with Crippen molar-refractivity contribution in [3.8, 4) is 6.07 Å². The summed E-state index contributed by atoms with van der Waals surface area (Å²) in [5.74, 6) is 0. The molecule has 1 saturated heterocycles. The monoisotopic (exact) mass is 379 g/mol. The lowest BCUT2D eigenvalue weighted by Gasteiger charge is -2.36. The summed E-state index contributed by atoms with van der Waals surface area (Å²) in [6.07, 6.45) is 0.667. The molecule has 0 bridgehead atoms. The van der Waals surface area contributed by atoms with Gasteiger partial charge in [0.25, 0.3) is 0 Å². The number of hydrogen-bond donors (Lipinski definition) is 0. The second-order valence-electron chi connectivity index (χ2n) is 7.37. The van der Waals surface area contributed by atoms with E-state index in [4.69, 9.17) is 10.00 Å². The second kappa shape index (κ2) is 7.64. The minimum Gasteiger partial charge on any atom is -0.444 e. The predicted octanol–water partition coefficient (Wildman–Crippen LogP) is 2.58. The highest BCUT2D eigenvalue weighted by molar-refractivity contribution is 7.89. The maximum Gasteiger partial charge on any atom is 0.410 e. The number of piperidine rings is 1. The van der Waals surface area contributed by atoms with Crippen molar-refractivity contribution in [2.75, 3.05) is 20.1 Å². The van der Waals surface area contributed by atoms with Crippen molar-refractivity contribution < 1.29 is 17.9 Å². The van der Waals surface area contributed by atoms with Gasteiger partial charge in [-0.25, -0.2) is 13.2 Å². The van der Waals surface area contributed by atoms with E-state index in [1.54, 1.807) is 24.1 Å². The van der Waals surface area contributed by atoms with E-state index in [-0.39, 0.29) is 10.9 Å². The Morgan fingerprint density at radius 1 is 1.31 bits per heavy atom. The topological polar surface area (TPSA) is 90.7 Å². The van der Waals surface area contributed by atoms with Gasteiger partial charge in [-0.1, -0.05) is 6.07 Å². The van der Waals surface area contributed by atoms with E-state index in [1.807, 2.05) is 26.8 Å². The van der Waals surface area contributed by atoms with Crippen LogP contribution in [0.15, 0.2) is 29.2 Å². The molecule has 0 spiro atoms. The molecule has 0 saturated carbocycles. The smallest absolute Gasteiger partial charge is 0.410 e. The van der Waals surface area contributed by atoms with E-state index in [9.17, 15) is 13.2 Å². The van der Waals surface area contributed by atoms with Gasteiger partial charge in [-0.05, 0) is 51.8 Å². The van der Waals surface area contributed by atoms with Crippen molar-refractivity contribution >= 4 is 16.1 Å². The Balaban J connectivity index is 2.03. The second-order valence-corrected chi connectivity index (χ2v) is 9.30. The number of amides is 1. The van der Waals surface area contributed by atoms with Crippen molar-refractivity contribution in [1.82, 2.24) is 9.21 Å². The molecule has 142 valence electrons. The summed E-state index contributed by atoms with van der Waals surface area (Å²) >= 11 is 0. The standard InChI is InChI=1S/C18H25N3O4S/c1-18(2,3)25-17(22)20(4)15-8-10-21(11-9-15)26(23,24)16-7-5-6-14(12-16)13-19/h5-7,12,15H,8-11H2,1-4H3. The normalized spacial score (nSPS) is 16.7. The molecule has 1 aromatic rings. The van der Waals surface area contributed by atoms with Crippen LogP contribution in [0.25, 0.3) is 0 Å². The van der Waals surface area contributed by atoms with Gasteiger partial charge < -0.3 is 9.64 Å². The Hall–Kier alpha value is -2.11. The SMILES string of the molecule is CN(C(=O)OC(C)(C)C)C1CCN(S(=O)(=O)c2cccc(C#N)c2)CC1. The summed E-state index contributed by atoms with van der Waals surface area (Å²) in [6.45, 7) is 6.06. The number of ether oxygens (including phenoxy) is 1. The lowest BCUT2D eigenvalue weighted by atomic mass is 10.1. The van der Waals surface area contributed by atoms with Gasteiger partial charge in [0.15, 0.2) is 0 Å². The van der Waals surface area contributed by atoms with Crippen LogP contribution in [0.4, 0.5) is 4.79 Å². The molecule has 7 nitrogen and oxygen atoms in total. The Morgan fingerprint density at radius 2 is 1.92 bits per heavy atom. The van der Waals surface area contributed by atoms with Crippen LogP contribution < -0.4 is 0 Å². The van der Waals surface area contributed by atoms with Crippen LogP contribution in [-0.4, -0.2) is 55.5 Å². The number of benzene rings is 1. The fraction of sp³-hybridized carbons (Fsp3) is 0.556. The highest BCUT2D eigenvalue weighted by Crippen LogP contribution is 2.24. The summed E-state index contributed by atoms with van der Waals surface area (Å²) in [4.78, 5) is 13.8. The lowest BCUT2D eigenvalue weighted by Crippen LogP contribution is -2.48. The van der Waals surface area contributed by atoms with Crippen molar-refractivity contribution in [2.24, 2.45) is 0 Å². The summed E-state index contributed by atoms with van der Waals surface area (Å²) in [5.41, 5.74) is -0.258. The van der Waals surface area contributed by atoms with Gasteiger partial charge in [-0.3, -0.25) is 0 Å². The Labute approximate surface area is 155 Å². The molecule has 0 unspecified atom stereocenters. The van der Waals surface area contributed by atoms with Crippen LogP contribution in [-0.2, 0) is 14.8 Å². The lowest BCUT2D eigenvalue weighted by molar-refractivity contribution is 0.0178. The molecule has 0 aliphatic carbocycles. The predicted molar refractivity (Wildman–Crippen MR) is 96.9 cm³/mol. The van der Waals surface area contributed by atoms with Crippen LogP contribution in [0, 0.1) is 11.3 Å².